The maximum atomic E-state index is 13.5. The molecule has 160 valence electrons. The van der Waals surface area contributed by atoms with Gasteiger partial charge in [-0.15, -0.1) is 0 Å². The lowest BCUT2D eigenvalue weighted by atomic mass is 10.2. The van der Waals surface area contributed by atoms with Gasteiger partial charge in [-0.3, -0.25) is 14.9 Å². The molecule has 0 aliphatic carbocycles. The van der Waals surface area contributed by atoms with Crippen molar-refractivity contribution in [1.29, 1.82) is 0 Å². The van der Waals surface area contributed by atoms with Gasteiger partial charge in [-0.2, -0.15) is 22.0 Å². The number of carbonyl (C=O) groups is 1. The van der Waals surface area contributed by atoms with Crippen molar-refractivity contribution >= 4 is 23.4 Å². The van der Waals surface area contributed by atoms with E-state index in [0.29, 0.717) is 0 Å². The lowest BCUT2D eigenvalue weighted by molar-refractivity contribution is -0.384. The van der Waals surface area contributed by atoms with E-state index in [1.54, 1.807) is 0 Å². The van der Waals surface area contributed by atoms with Gasteiger partial charge in [0, 0.05) is 18.2 Å². The molecule has 0 saturated carbocycles. The summed E-state index contributed by atoms with van der Waals surface area (Å²) in [5, 5.41) is 12.8. The Labute approximate surface area is 164 Å². The summed E-state index contributed by atoms with van der Waals surface area (Å²) in [6, 6.07) is 9.47. The molecule has 0 aliphatic heterocycles. The van der Waals surface area contributed by atoms with Crippen molar-refractivity contribution in [3.8, 4) is 5.75 Å². The van der Waals surface area contributed by atoms with Crippen LogP contribution in [0, 0.1) is 10.1 Å². The average molecular weight is 434 g/mol. The molecule has 0 spiro atoms. The summed E-state index contributed by atoms with van der Waals surface area (Å²) in [6.07, 6.45) is -13.6. The van der Waals surface area contributed by atoms with Crippen LogP contribution in [-0.4, -0.2) is 29.3 Å². The Bertz CT molecular complexity index is 962. The molecule has 30 heavy (non-hydrogen) atoms. The number of para-hydroxylation sites is 2. The maximum absolute atomic E-state index is 13.5. The smallest absolute Gasteiger partial charge is 0.428 e. The van der Waals surface area contributed by atoms with Gasteiger partial charge in [0.05, 0.1) is 10.6 Å². The number of rotatable bonds is 7. The molecule has 1 unspecified atom stereocenters. The van der Waals surface area contributed by atoms with E-state index in [0.717, 1.165) is 24.3 Å². The van der Waals surface area contributed by atoms with E-state index < -0.39 is 40.7 Å². The molecule has 6 nitrogen and oxygen atoms in total. The van der Waals surface area contributed by atoms with Crippen molar-refractivity contribution in [3.63, 3.8) is 0 Å². The lowest BCUT2D eigenvalue weighted by Crippen LogP contribution is -2.45. The SMILES string of the molecule is O=C(/C=C/c1cccc([N+](=O)[O-])c1)Nc1ccccc1OC(F)(F)C(F)C(F)(F)F. The topological polar surface area (TPSA) is 81.5 Å². The van der Waals surface area contributed by atoms with Gasteiger partial charge < -0.3 is 10.1 Å². The fourth-order valence-electron chi connectivity index (χ4n) is 2.14. The van der Waals surface area contributed by atoms with Crippen LogP contribution in [0.15, 0.2) is 54.6 Å². The first-order valence-corrected chi connectivity index (χ1v) is 8.00. The van der Waals surface area contributed by atoms with E-state index in [1.165, 1.54) is 36.4 Å². The normalized spacial score (nSPS) is 13.1. The second-order valence-corrected chi connectivity index (χ2v) is 5.74. The van der Waals surface area contributed by atoms with E-state index in [9.17, 15) is 41.3 Å². The molecule has 0 fully saturated rings. The van der Waals surface area contributed by atoms with Gasteiger partial charge in [-0.1, -0.05) is 24.3 Å². The number of hydrogen-bond donors (Lipinski definition) is 1. The van der Waals surface area contributed by atoms with Gasteiger partial charge >= 0.3 is 12.3 Å². The summed E-state index contributed by atoms with van der Waals surface area (Å²) in [5.41, 5.74) is -0.398. The third-order valence-corrected chi connectivity index (χ3v) is 3.48. The number of benzene rings is 2. The van der Waals surface area contributed by atoms with Gasteiger partial charge in [0.1, 0.15) is 5.75 Å². The highest BCUT2D eigenvalue weighted by Gasteiger charge is 2.59. The number of ether oxygens (including phenoxy) is 1. The second kappa shape index (κ2) is 8.84. The number of nitrogens with one attached hydrogen (secondary N) is 1. The first kappa shape index (κ1) is 22.7. The number of nitrogens with zero attached hydrogens (tertiary/aromatic N) is 1. The molecule has 2 aromatic carbocycles. The minimum absolute atomic E-state index is 0.232. The van der Waals surface area contributed by atoms with Gasteiger partial charge in [-0.05, 0) is 23.8 Å². The molecule has 0 bridgehead atoms. The summed E-state index contributed by atoms with van der Waals surface area (Å²) >= 11 is 0. The molecule has 2 aromatic rings. The number of amides is 1. The molecule has 0 saturated heterocycles. The zero-order valence-corrected chi connectivity index (χ0v) is 14.7. The van der Waals surface area contributed by atoms with Crippen molar-refractivity contribution in [2.75, 3.05) is 5.32 Å². The molecule has 0 heterocycles. The van der Waals surface area contributed by atoms with Crippen molar-refractivity contribution in [3.05, 3.63) is 70.3 Å². The number of hydrogen-bond acceptors (Lipinski definition) is 4. The molecule has 1 atom stereocenters. The third-order valence-electron chi connectivity index (χ3n) is 3.48. The zero-order valence-electron chi connectivity index (χ0n) is 14.7. The molecule has 1 N–H and O–H groups in total. The number of anilines is 1. The summed E-state index contributed by atoms with van der Waals surface area (Å²) in [7, 11) is 0. The highest BCUT2D eigenvalue weighted by Crippen LogP contribution is 2.38. The molecule has 12 heteroatoms. The van der Waals surface area contributed by atoms with Gasteiger partial charge in [0.15, 0.2) is 0 Å². The molecule has 0 aliphatic rings. The number of non-ortho nitro benzene ring substituents is 1. The Kier molecular flexibility index (Phi) is 6.70. The monoisotopic (exact) mass is 434 g/mol. The van der Waals surface area contributed by atoms with Crippen molar-refractivity contribution in [2.24, 2.45) is 0 Å². The van der Waals surface area contributed by atoms with E-state index in [2.05, 4.69) is 10.1 Å². The Hall–Kier alpha value is -3.57. The van der Waals surface area contributed by atoms with E-state index in [4.69, 9.17) is 0 Å². The predicted octanol–water partition coefficient (Wildman–Crippen LogP) is 5.12. The summed E-state index contributed by atoms with van der Waals surface area (Å²) in [5.74, 6) is -1.81. The van der Waals surface area contributed by atoms with Crippen LogP contribution in [0.25, 0.3) is 6.08 Å². The van der Waals surface area contributed by atoms with Crippen LogP contribution in [0.3, 0.4) is 0 Å². The summed E-state index contributed by atoms with van der Waals surface area (Å²) < 4.78 is 80.6. The third kappa shape index (κ3) is 5.96. The number of carbonyl (C=O) groups excluding carboxylic acids is 1. The fraction of sp³-hybridized carbons (Fsp3) is 0.167. The van der Waals surface area contributed by atoms with Crippen LogP contribution in [-0.2, 0) is 4.79 Å². The predicted molar refractivity (Wildman–Crippen MR) is 93.7 cm³/mol. The van der Waals surface area contributed by atoms with Crippen LogP contribution >= 0.6 is 0 Å². The van der Waals surface area contributed by atoms with E-state index >= 15 is 0 Å². The largest absolute Gasteiger partial charge is 0.439 e. The highest BCUT2D eigenvalue weighted by atomic mass is 19.4. The maximum Gasteiger partial charge on any atom is 0.439 e. The summed E-state index contributed by atoms with van der Waals surface area (Å²) in [6.45, 7) is 0. The number of alkyl halides is 6. The Morgan fingerprint density at radius 1 is 1.10 bits per heavy atom. The number of nitro groups is 1. The van der Waals surface area contributed by atoms with Crippen LogP contribution in [0.2, 0.25) is 0 Å². The summed E-state index contributed by atoms with van der Waals surface area (Å²) in [4.78, 5) is 22.1. The highest BCUT2D eigenvalue weighted by molar-refractivity contribution is 6.02. The Morgan fingerprint density at radius 2 is 1.77 bits per heavy atom. The molecule has 2 rings (SSSR count). The molecule has 0 radical (unpaired) electrons. The van der Waals surface area contributed by atoms with Crippen molar-refractivity contribution in [2.45, 2.75) is 18.5 Å². The lowest BCUT2D eigenvalue weighted by Gasteiger charge is -2.24. The van der Waals surface area contributed by atoms with Crippen LogP contribution in [0.5, 0.6) is 5.75 Å². The fourth-order valence-corrected chi connectivity index (χ4v) is 2.14. The minimum atomic E-state index is -5.86. The zero-order chi connectivity index (χ0) is 22.5. The first-order chi connectivity index (χ1) is 13.9. The van der Waals surface area contributed by atoms with Crippen LogP contribution in [0.1, 0.15) is 5.56 Å². The molecule has 1 amide bonds. The molecular formula is C18H12F6N2O4. The number of halogens is 6. The standard InChI is InChI=1S/C18H12F6N2O4/c19-16(17(20,21)22)18(23,24)30-14-7-2-1-6-13(14)25-15(27)9-8-11-4-3-5-12(10-11)26(28)29/h1-10,16H,(H,25,27)/b9-8+. The minimum Gasteiger partial charge on any atom is -0.428 e. The first-order valence-electron chi connectivity index (χ1n) is 8.00. The van der Waals surface area contributed by atoms with Crippen molar-refractivity contribution in [1.82, 2.24) is 0 Å². The van der Waals surface area contributed by atoms with Gasteiger partial charge in [-0.25, -0.2) is 4.39 Å². The van der Waals surface area contributed by atoms with Gasteiger partial charge in [0.25, 0.3) is 11.9 Å². The molecule has 0 aromatic heterocycles. The van der Waals surface area contributed by atoms with E-state index in [1.807, 2.05) is 0 Å². The van der Waals surface area contributed by atoms with Crippen LogP contribution in [0.4, 0.5) is 37.7 Å². The number of nitro benzene ring substituents is 1. The van der Waals surface area contributed by atoms with Crippen LogP contribution < -0.4 is 10.1 Å². The Balaban J connectivity index is 2.15. The second-order valence-electron chi connectivity index (χ2n) is 5.74. The average Bonchev–Trinajstić information content (AvgIpc) is 2.66. The van der Waals surface area contributed by atoms with E-state index in [-0.39, 0.29) is 11.3 Å². The Morgan fingerprint density at radius 3 is 2.40 bits per heavy atom. The quantitative estimate of drug-likeness (QED) is 0.284. The van der Waals surface area contributed by atoms with Gasteiger partial charge in [0.2, 0.25) is 5.91 Å². The van der Waals surface area contributed by atoms with Crippen molar-refractivity contribution < 1.29 is 40.8 Å². The molecular weight excluding hydrogens is 422 g/mol.